The Labute approximate surface area is 146 Å². The van der Waals surface area contributed by atoms with E-state index in [4.69, 9.17) is 4.74 Å². The van der Waals surface area contributed by atoms with E-state index in [9.17, 15) is 13.6 Å². The van der Waals surface area contributed by atoms with E-state index in [2.05, 4.69) is 26.0 Å². The van der Waals surface area contributed by atoms with Crippen LogP contribution in [0.3, 0.4) is 0 Å². The molecule has 128 valence electrons. The second-order valence-corrected chi connectivity index (χ2v) is 5.86. The number of carbonyl (C=O) groups excluding carboxylic acids is 1. The van der Waals surface area contributed by atoms with Crippen molar-refractivity contribution in [2.45, 2.75) is 19.6 Å². The fourth-order valence-corrected chi connectivity index (χ4v) is 2.33. The molecule has 1 N–H and O–H groups in total. The average molecular weight is 400 g/mol. The minimum Gasteiger partial charge on any atom is -0.493 e. The first-order valence-electron chi connectivity index (χ1n) is 7.11. The molecule has 1 amide bonds. The molecule has 0 radical (unpaired) electrons. The monoisotopic (exact) mass is 399 g/mol. The van der Waals surface area contributed by atoms with Gasteiger partial charge < -0.3 is 14.8 Å². The van der Waals surface area contributed by atoms with Gasteiger partial charge in [-0.25, -0.2) is 0 Å². The molecule has 0 unspecified atom stereocenters. The van der Waals surface area contributed by atoms with Crippen LogP contribution in [0.1, 0.15) is 11.1 Å². The molecule has 7 heteroatoms. The maximum atomic E-state index is 12.3. The van der Waals surface area contributed by atoms with Crippen LogP contribution < -0.4 is 14.8 Å². The summed E-state index contributed by atoms with van der Waals surface area (Å²) < 4.78 is 34.9. The zero-order valence-electron chi connectivity index (χ0n) is 12.9. The number of nitrogens with one attached hydrogen (secondary N) is 1. The molecule has 0 aliphatic carbocycles. The fraction of sp³-hybridized carbons (Fsp3) is 0.235. The predicted molar refractivity (Wildman–Crippen MR) is 89.3 cm³/mol. The number of methoxy groups -OCH3 is 1. The summed E-state index contributed by atoms with van der Waals surface area (Å²) in [6, 6.07) is 12.0. The molecule has 2 aromatic carbocycles. The Hall–Kier alpha value is -2.15. The van der Waals surface area contributed by atoms with Crippen molar-refractivity contribution in [3.05, 3.63) is 58.1 Å². The number of benzene rings is 2. The van der Waals surface area contributed by atoms with Crippen LogP contribution in [-0.2, 0) is 17.8 Å². The summed E-state index contributed by atoms with van der Waals surface area (Å²) in [6.07, 6.45) is 0.261. The van der Waals surface area contributed by atoms with Crippen molar-refractivity contribution >= 4 is 21.8 Å². The van der Waals surface area contributed by atoms with Crippen LogP contribution in [0.15, 0.2) is 46.9 Å². The smallest absolute Gasteiger partial charge is 0.387 e. The number of rotatable bonds is 7. The van der Waals surface area contributed by atoms with Gasteiger partial charge in [0.1, 0.15) is 0 Å². The summed E-state index contributed by atoms with van der Waals surface area (Å²) in [5.74, 6) is 0.0107. The van der Waals surface area contributed by atoms with E-state index >= 15 is 0 Å². The first kappa shape index (κ1) is 18.2. The Bertz CT molecular complexity index is 693. The minimum atomic E-state index is -2.92. The number of halogens is 3. The Balaban J connectivity index is 1.93. The SMILES string of the molecule is COc1cc(CNC(=O)Cc2ccc(Br)cc2)ccc1OC(F)F. The van der Waals surface area contributed by atoms with Gasteiger partial charge in [0.25, 0.3) is 0 Å². The zero-order chi connectivity index (χ0) is 17.5. The van der Waals surface area contributed by atoms with E-state index in [1.165, 1.54) is 13.2 Å². The van der Waals surface area contributed by atoms with Crippen LogP contribution in [0.25, 0.3) is 0 Å². The lowest BCUT2D eigenvalue weighted by Gasteiger charge is -2.12. The maximum Gasteiger partial charge on any atom is 0.387 e. The number of hydrogen-bond acceptors (Lipinski definition) is 3. The molecule has 0 aliphatic rings. The van der Waals surface area contributed by atoms with Crippen LogP contribution in [0.2, 0.25) is 0 Å². The molecule has 0 aliphatic heterocycles. The predicted octanol–water partition coefficient (Wildman–Crippen LogP) is 3.92. The summed E-state index contributed by atoms with van der Waals surface area (Å²) in [5, 5.41) is 2.78. The van der Waals surface area contributed by atoms with Crippen LogP contribution >= 0.6 is 15.9 Å². The summed E-state index contributed by atoms with van der Waals surface area (Å²) in [6.45, 7) is -2.66. The van der Waals surface area contributed by atoms with Gasteiger partial charge in [-0.3, -0.25) is 4.79 Å². The third kappa shape index (κ3) is 5.49. The van der Waals surface area contributed by atoms with Gasteiger partial charge >= 0.3 is 6.61 Å². The number of hydrogen-bond donors (Lipinski definition) is 1. The Morgan fingerprint density at radius 3 is 2.42 bits per heavy atom. The van der Waals surface area contributed by atoms with E-state index in [0.29, 0.717) is 0 Å². The van der Waals surface area contributed by atoms with E-state index < -0.39 is 6.61 Å². The standard InChI is InChI=1S/C17H16BrF2NO3/c1-23-15-8-12(4-7-14(15)24-17(19)20)10-21-16(22)9-11-2-5-13(18)6-3-11/h2-8,17H,9-10H2,1H3,(H,21,22). The quantitative estimate of drug-likeness (QED) is 0.767. The lowest BCUT2D eigenvalue weighted by molar-refractivity contribution is -0.120. The van der Waals surface area contributed by atoms with Crippen LogP contribution in [0.5, 0.6) is 11.5 Å². The first-order chi connectivity index (χ1) is 11.5. The second kappa shape index (κ2) is 8.63. The molecule has 4 nitrogen and oxygen atoms in total. The highest BCUT2D eigenvalue weighted by molar-refractivity contribution is 9.10. The van der Waals surface area contributed by atoms with Gasteiger partial charge in [-0.2, -0.15) is 8.78 Å². The third-order valence-corrected chi connectivity index (χ3v) is 3.74. The van der Waals surface area contributed by atoms with Crippen molar-refractivity contribution in [2.75, 3.05) is 7.11 Å². The average Bonchev–Trinajstić information content (AvgIpc) is 2.55. The van der Waals surface area contributed by atoms with E-state index in [1.54, 1.807) is 12.1 Å². The minimum absolute atomic E-state index is 0.0440. The van der Waals surface area contributed by atoms with Crippen molar-refractivity contribution in [1.29, 1.82) is 0 Å². The molecule has 0 aromatic heterocycles. The molecule has 0 saturated carbocycles. The molecule has 0 atom stereocenters. The number of alkyl halides is 2. The molecule has 0 saturated heterocycles. The fourth-order valence-electron chi connectivity index (χ4n) is 2.07. The topological polar surface area (TPSA) is 47.6 Å². The number of ether oxygens (including phenoxy) is 2. The van der Waals surface area contributed by atoms with Gasteiger partial charge in [-0.1, -0.05) is 34.1 Å². The lowest BCUT2D eigenvalue weighted by atomic mass is 10.1. The van der Waals surface area contributed by atoms with Gasteiger partial charge in [-0.05, 0) is 35.4 Å². The second-order valence-electron chi connectivity index (χ2n) is 4.94. The highest BCUT2D eigenvalue weighted by Gasteiger charge is 2.11. The van der Waals surface area contributed by atoms with Gasteiger partial charge in [-0.15, -0.1) is 0 Å². The van der Waals surface area contributed by atoms with Gasteiger partial charge in [0.05, 0.1) is 13.5 Å². The summed E-state index contributed by atoms with van der Waals surface area (Å²) in [5.41, 5.74) is 1.62. The van der Waals surface area contributed by atoms with Crippen LogP contribution in [0, 0.1) is 0 Å². The number of carbonyl (C=O) groups is 1. The highest BCUT2D eigenvalue weighted by atomic mass is 79.9. The van der Waals surface area contributed by atoms with Crippen LogP contribution in [-0.4, -0.2) is 19.6 Å². The molecule has 0 heterocycles. The van der Waals surface area contributed by atoms with Crippen molar-refractivity contribution < 1.29 is 23.0 Å². The largest absolute Gasteiger partial charge is 0.493 e. The Kier molecular flexibility index (Phi) is 6.54. The normalized spacial score (nSPS) is 10.5. The maximum absolute atomic E-state index is 12.3. The molecule has 0 fully saturated rings. The first-order valence-corrected chi connectivity index (χ1v) is 7.90. The lowest BCUT2D eigenvalue weighted by Crippen LogP contribution is -2.24. The summed E-state index contributed by atoms with van der Waals surface area (Å²) in [7, 11) is 1.36. The Morgan fingerprint density at radius 1 is 1.12 bits per heavy atom. The summed E-state index contributed by atoms with van der Waals surface area (Å²) in [4.78, 5) is 12.0. The summed E-state index contributed by atoms with van der Waals surface area (Å²) >= 11 is 3.34. The van der Waals surface area contributed by atoms with Gasteiger partial charge in [0.2, 0.25) is 5.91 Å². The van der Waals surface area contributed by atoms with Crippen molar-refractivity contribution in [2.24, 2.45) is 0 Å². The van der Waals surface area contributed by atoms with Gasteiger partial charge in [0.15, 0.2) is 11.5 Å². The van der Waals surface area contributed by atoms with Crippen LogP contribution in [0.4, 0.5) is 8.78 Å². The number of amides is 1. The van der Waals surface area contributed by atoms with E-state index in [0.717, 1.165) is 15.6 Å². The third-order valence-electron chi connectivity index (χ3n) is 3.21. The molecule has 24 heavy (non-hydrogen) atoms. The van der Waals surface area contributed by atoms with E-state index in [-0.39, 0.29) is 30.4 Å². The Morgan fingerprint density at radius 2 is 1.79 bits per heavy atom. The molecular formula is C17H16BrF2NO3. The molecule has 2 aromatic rings. The van der Waals surface area contributed by atoms with Crippen molar-refractivity contribution in [3.8, 4) is 11.5 Å². The molecular weight excluding hydrogens is 384 g/mol. The van der Waals surface area contributed by atoms with Crippen molar-refractivity contribution in [3.63, 3.8) is 0 Å². The molecule has 0 bridgehead atoms. The van der Waals surface area contributed by atoms with Gasteiger partial charge in [0, 0.05) is 11.0 Å². The molecule has 2 rings (SSSR count). The highest BCUT2D eigenvalue weighted by Crippen LogP contribution is 2.29. The molecule has 0 spiro atoms. The van der Waals surface area contributed by atoms with E-state index in [1.807, 2.05) is 24.3 Å². The zero-order valence-corrected chi connectivity index (χ0v) is 14.5. The van der Waals surface area contributed by atoms with Crippen molar-refractivity contribution in [1.82, 2.24) is 5.32 Å².